The Bertz CT molecular complexity index is 336. The Hall–Kier alpha value is -1.12. The molecule has 0 heterocycles. The number of ether oxygens (including phenoxy) is 2. The molecule has 0 unspecified atom stereocenters. The first-order chi connectivity index (χ1) is 8.33. The van der Waals surface area contributed by atoms with Gasteiger partial charge in [0, 0.05) is 12.2 Å². The van der Waals surface area contributed by atoms with Crippen LogP contribution < -0.4 is 11.5 Å². The molecule has 7 nitrogen and oxygen atoms in total. The molecule has 0 aromatic heterocycles. The lowest BCUT2D eigenvalue weighted by Gasteiger charge is -2.23. The summed E-state index contributed by atoms with van der Waals surface area (Å²) < 4.78 is 8.86. The second-order valence-electron chi connectivity index (χ2n) is 3.71. The van der Waals surface area contributed by atoms with Crippen molar-refractivity contribution in [3.05, 3.63) is 0 Å². The van der Waals surface area contributed by atoms with Gasteiger partial charge in [-0.15, -0.1) is 0 Å². The maximum atomic E-state index is 11.8. The Labute approximate surface area is 111 Å². The predicted octanol–water partition coefficient (Wildman–Crippen LogP) is -1.36. The van der Waals surface area contributed by atoms with Crippen LogP contribution in [0.15, 0.2) is 0 Å². The van der Waals surface area contributed by atoms with Crippen molar-refractivity contribution in [1.82, 2.24) is 0 Å². The van der Waals surface area contributed by atoms with Gasteiger partial charge in [-0.3, -0.25) is 9.59 Å². The van der Waals surface area contributed by atoms with E-state index in [1.165, 1.54) is 7.11 Å². The SMILES string of the molecule is COC(=O)[C@@H](N)CCC(=O)[C@](N)(CS)C(=O)OC. The lowest BCUT2D eigenvalue weighted by molar-refractivity contribution is -0.150. The van der Waals surface area contributed by atoms with Crippen LogP contribution in [0.5, 0.6) is 0 Å². The molecule has 0 fully saturated rings. The molecule has 0 aromatic carbocycles. The van der Waals surface area contributed by atoms with Crippen LogP contribution in [0, 0.1) is 0 Å². The van der Waals surface area contributed by atoms with E-state index < -0.39 is 29.3 Å². The Morgan fingerprint density at radius 2 is 1.83 bits per heavy atom. The zero-order valence-corrected chi connectivity index (χ0v) is 11.2. The molecular formula is C10H18N2O5S. The average Bonchev–Trinajstić information content (AvgIpc) is 2.40. The third-order valence-corrected chi connectivity index (χ3v) is 2.98. The molecule has 18 heavy (non-hydrogen) atoms. The quantitative estimate of drug-likeness (QED) is 0.298. The molecule has 2 atom stereocenters. The van der Waals surface area contributed by atoms with Crippen molar-refractivity contribution >= 4 is 30.4 Å². The molecule has 0 bridgehead atoms. The second kappa shape index (κ2) is 7.34. The van der Waals surface area contributed by atoms with Crippen LogP contribution in [0.3, 0.4) is 0 Å². The number of nitrogens with two attached hydrogens (primary N) is 2. The van der Waals surface area contributed by atoms with Crippen molar-refractivity contribution < 1.29 is 23.9 Å². The molecule has 0 spiro atoms. The van der Waals surface area contributed by atoms with Gasteiger partial charge in [0.2, 0.25) is 0 Å². The summed E-state index contributed by atoms with van der Waals surface area (Å²) in [7, 11) is 2.32. The number of Topliss-reactive ketones (excluding diaryl/α,β-unsaturated/α-hetero) is 1. The number of carbonyl (C=O) groups is 3. The van der Waals surface area contributed by atoms with Crippen molar-refractivity contribution in [3.63, 3.8) is 0 Å². The fourth-order valence-corrected chi connectivity index (χ4v) is 1.53. The molecule has 0 aliphatic heterocycles. The van der Waals surface area contributed by atoms with E-state index in [0.717, 1.165) is 7.11 Å². The summed E-state index contributed by atoms with van der Waals surface area (Å²) in [6, 6.07) is -0.930. The maximum Gasteiger partial charge on any atom is 0.334 e. The van der Waals surface area contributed by atoms with Gasteiger partial charge < -0.3 is 20.9 Å². The summed E-state index contributed by atoms with van der Waals surface area (Å²) in [6.07, 6.45) is -0.0995. The third kappa shape index (κ3) is 3.97. The highest BCUT2D eigenvalue weighted by Gasteiger charge is 2.41. The second-order valence-corrected chi connectivity index (χ2v) is 4.03. The van der Waals surface area contributed by atoms with Crippen LogP contribution in [0.2, 0.25) is 0 Å². The van der Waals surface area contributed by atoms with Gasteiger partial charge in [0.1, 0.15) is 6.04 Å². The Balaban J connectivity index is 4.56. The fourth-order valence-electron chi connectivity index (χ4n) is 1.23. The largest absolute Gasteiger partial charge is 0.468 e. The summed E-state index contributed by atoms with van der Waals surface area (Å²) >= 11 is 3.87. The van der Waals surface area contributed by atoms with Crippen molar-refractivity contribution in [2.75, 3.05) is 20.0 Å². The molecule has 0 radical (unpaired) electrons. The van der Waals surface area contributed by atoms with Gasteiger partial charge in [-0.2, -0.15) is 12.6 Å². The Morgan fingerprint density at radius 1 is 1.28 bits per heavy atom. The highest BCUT2D eigenvalue weighted by atomic mass is 32.1. The highest BCUT2D eigenvalue weighted by Crippen LogP contribution is 2.12. The smallest absolute Gasteiger partial charge is 0.334 e. The van der Waals surface area contributed by atoms with Crippen LogP contribution in [0.25, 0.3) is 0 Å². The molecule has 0 aromatic rings. The number of esters is 2. The van der Waals surface area contributed by atoms with E-state index in [0.29, 0.717) is 0 Å². The third-order valence-electron chi connectivity index (χ3n) is 2.48. The van der Waals surface area contributed by atoms with Crippen molar-refractivity contribution in [2.24, 2.45) is 11.5 Å². The van der Waals surface area contributed by atoms with E-state index in [4.69, 9.17) is 11.5 Å². The number of thiol groups is 1. The minimum absolute atomic E-state index is 0.0369. The minimum Gasteiger partial charge on any atom is -0.468 e. The number of methoxy groups -OCH3 is 2. The zero-order chi connectivity index (χ0) is 14.3. The van der Waals surface area contributed by atoms with E-state index >= 15 is 0 Å². The molecule has 0 aliphatic rings. The molecule has 0 rings (SSSR count). The number of ketones is 1. The Kier molecular flexibility index (Phi) is 6.89. The Morgan fingerprint density at radius 3 is 2.22 bits per heavy atom. The van der Waals surface area contributed by atoms with Crippen LogP contribution in [-0.4, -0.2) is 49.3 Å². The van der Waals surface area contributed by atoms with Gasteiger partial charge in [-0.25, -0.2) is 4.79 Å². The van der Waals surface area contributed by atoms with Crippen LogP contribution in [-0.2, 0) is 23.9 Å². The predicted molar refractivity (Wildman–Crippen MR) is 67.0 cm³/mol. The van der Waals surface area contributed by atoms with Gasteiger partial charge in [0.05, 0.1) is 14.2 Å². The van der Waals surface area contributed by atoms with Crippen LogP contribution in [0.4, 0.5) is 0 Å². The van der Waals surface area contributed by atoms with Crippen molar-refractivity contribution in [2.45, 2.75) is 24.4 Å². The number of hydrogen-bond donors (Lipinski definition) is 3. The van der Waals surface area contributed by atoms with E-state index in [1.807, 2.05) is 0 Å². The van der Waals surface area contributed by atoms with E-state index in [2.05, 4.69) is 22.1 Å². The topological polar surface area (TPSA) is 122 Å². The molecule has 0 saturated heterocycles. The fraction of sp³-hybridized carbons (Fsp3) is 0.700. The van der Waals surface area contributed by atoms with E-state index in [-0.39, 0.29) is 18.6 Å². The zero-order valence-electron chi connectivity index (χ0n) is 10.3. The lowest BCUT2D eigenvalue weighted by atomic mass is 9.93. The molecule has 8 heteroatoms. The van der Waals surface area contributed by atoms with Crippen molar-refractivity contribution in [1.29, 1.82) is 0 Å². The first-order valence-corrected chi connectivity index (χ1v) is 5.81. The first-order valence-electron chi connectivity index (χ1n) is 5.18. The number of rotatable bonds is 7. The summed E-state index contributed by atoms with van der Waals surface area (Å²) in [5.41, 5.74) is 9.29. The van der Waals surface area contributed by atoms with Gasteiger partial charge >= 0.3 is 11.9 Å². The summed E-state index contributed by atoms with van der Waals surface area (Å²) in [5.74, 6) is -2.27. The lowest BCUT2D eigenvalue weighted by Crippen LogP contribution is -2.57. The molecule has 4 N–H and O–H groups in total. The molecule has 104 valence electrons. The van der Waals surface area contributed by atoms with Gasteiger partial charge in [0.15, 0.2) is 11.3 Å². The standard InChI is InChI=1S/C10H18N2O5S/c1-16-8(14)6(11)3-4-7(13)10(12,5-18)9(15)17-2/h6,18H,3-5,11-12H2,1-2H3/t6-,10+/m0/s1. The average molecular weight is 278 g/mol. The molecular weight excluding hydrogens is 260 g/mol. The van der Waals surface area contributed by atoms with Crippen molar-refractivity contribution in [3.8, 4) is 0 Å². The van der Waals surface area contributed by atoms with Crippen LogP contribution in [0.1, 0.15) is 12.8 Å². The molecule has 0 aliphatic carbocycles. The summed E-state index contributed by atoms with van der Waals surface area (Å²) in [4.78, 5) is 34.3. The summed E-state index contributed by atoms with van der Waals surface area (Å²) in [5, 5.41) is 0. The first kappa shape index (κ1) is 16.9. The van der Waals surface area contributed by atoms with E-state index in [1.54, 1.807) is 0 Å². The normalized spacial score (nSPS) is 15.4. The van der Waals surface area contributed by atoms with Gasteiger partial charge in [-0.1, -0.05) is 0 Å². The number of carbonyl (C=O) groups excluding carboxylic acids is 3. The van der Waals surface area contributed by atoms with Gasteiger partial charge in [0.25, 0.3) is 0 Å². The number of hydrogen-bond acceptors (Lipinski definition) is 8. The maximum absolute atomic E-state index is 11.8. The monoisotopic (exact) mass is 278 g/mol. The van der Waals surface area contributed by atoms with E-state index in [9.17, 15) is 14.4 Å². The van der Waals surface area contributed by atoms with Crippen LogP contribution >= 0.6 is 12.6 Å². The minimum atomic E-state index is -1.81. The van der Waals surface area contributed by atoms with Gasteiger partial charge in [-0.05, 0) is 6.42 Å². The summed E-state index contributed by atoms with van der Waals surface area (Å²) in [6.45, 7) is 0. The highest BCUT2D eigenvalue weighted by molar-refractivity contribution is 7.80. The molecule has 0 saturated carbocycles. The molecule has 0 amide bonds.